The summed E-state index contributed by atoms with van der Waals surface area (Å²) in [6.07, 6.45) is 3.96. The Balaban J connectivity index is 1.93. The zero-order valence-corrected chi connectivity index (χ0v) is 11.2. The Morgan fingerprint density at radius 2 is 2.28 bits per heavy atom. The van der Waals surface area contributed by atoms with Crippen molar-refractivity contribution < 1.29 is 0 Å². The van der Waals surface area contributed by atoms with Gasteiger partial charge >= 0.3 is 0 Å². The molecule has 1 heterocycles. The van der Waals surface area contributed by atoms with Gasteiger partial charge in [0.2, 0.25) is 0 Å². The molecule has 1 aromatic carbocycles. The van der Waals surface area contributed by atoms with Crippen LogP contribution in [0.2, 0.25) is 0 Å². The SMILES string of the molecule is Cc1cccc2c(=O)[nH]c(CSC3CCC3)nc12. The van der Waals surface area contributed by atoms with Crippen molar-refractivity contribution >= 4 is 22.7 Å². The molecule has 1 N–H and O–H groups in total. The van der Waals surface area contributed by atoms with Gasteiger partial charge in [-0.2, -0.15) is 11.8 Å². The quantitative estimate of drug-likeness (QED) is 0.922. The second kappa shape index (κ2) is 4.76. The summed E-state index contributed by atoms with van der Waals surface area (Å²) in [5.41, 5.74) is 1.88. The van der Waals surface area contributed by atoms with Gasteiger partial charge in [0, 0.05) is 5.25 Å². The summed E-state index contributed by atoms with van der Waals surface area (Å²) < 4.78 is 0. The number of H-pyrrole nitrogens is 1. The zero-order chi connectivity index (χ0) is 12.5. The first-order valence-corrected chi connectivity index (χ1v) is 7.39. The van der Waals surface area contributed by atoms with E-state index in [1.165, 1.54) is 19.3 Å². The highest BCUT2D eigenvalue weighted by atomic mass is 32.2. The molecule has 3 rings (SSSR count). The minimum absolute atomic E-state index is 0.0205. The van der Waals surface area contributed by atoms with E-state index < -0.39 is 0 Å². The molecular formula is C14H16N2OS. The second-order valence-electron chi connectivity index (χ2n) is 4.85. The number of nitrogens with one attached hydrogen (secondary N) is 1. The number of nitrogens with zero attached hydrogens (tertiary/aromatic N) is 1. The number of rotatable bonds is 3. The topological polar surface area (TPSA) is 45.8 Å². The van der Waals surface area contributed by atoms with Crippen molar-refractivity contribution in [1.82, 2.24) is 9.97 Å². The van der Waals surface area contributed by atoms with Crippen molar-refractivity contribution in [1.29, 1.82) is 0 Å². The molecule has 2 aromatic rings. The maximum atomic E-state index is 12.0. The molecule has 0 aliphatic heterocycles. The fourth-order valence-electron chi connectivity index (χ4n) is 2.15. The highest BCUT2D eigenvalue weighted by Crippen LogP contribution is 2.32. The molecule has 3 nitrogen and oxygen atoms in total. The molecule has 1 fully saturated rings. The minimum Gasteiger partial charge on any atom is -0.309 e. The number of aryl methyl sites for hydroxylation is 1. The van der Waals surface area contributed by atoms with Gasteiger partial charge in [-0.15, -0.1) is 0 Å². The molecule has 94 valence electrons. The molecule has 0 spiro atoms. The zero-order valence-electron chi connectivity index (χ0n) is 10.4. The third kappa shape index (κ3) is 2.17. The highest BCUT2D eigenvalue weighted by Gasteiger charge is 2.18. The summed E-state index contributed by atoms with van der Waals surface area (Å²) >= 11 is 1.91. The summed E-state index contributed by atoms with van der Waals surface area (Å²) in [5, 5.41) is 1.45. The van der Waals surface area contributed by atoms with Crippen molar-refractivity contribution in [2.45, 2.75) is 37.2 Å². The minimum atomic E-state index is -0.0205. The first kappa shape index (κ1) is 11.8. The third-order valence-corrected chi connectivity index (χ3v) is 4.88. The Labute approximate surface area is 110 Å². The van der Waals surface area contributed by atoms with Crippen molar-refractivity contribution in [3.05, 3.63) is 39.9 Å². The fraction of sp³-hybridized carbons (Fsp3) is 0.429. The molecule has 18 heavy (non-hydrogen) atoms. The molecule has 0 unspecified atom stereocenters. The summed E-state index contributed by atoms with van der Waals surface area (Å²) in [7, 11) is 0. The molecule has 0 atom stereocenters. The number of hydrogen-bond acceptors (Lipinski definition) is 3. The molecular weight excluding hydrogens is 244 g/mol. The molecule has 1 aliphatic carbocycles. The normalized spacial score (nSPS) is 15.8. The molecule has 0 saturated heterocycles. The van der Waals surface area contributed by atoms with Gasteiger partial charge in [0.15, 0.2) is 0 Å². The standard InChI is InChI=1S/C14H16N2OS/c1-9-4-2-7-11-13(9)15-12(16-14(11)17)8-18-10-5-3-6-10/h2,4,7,10H,3,5-6,8H2,1H3,(H,15,16,17). The van der Waals surface area contributed by atoms with Crippen LogP contribution in [0.4, 0.5) is 0 Å². The predicted molar refractivity (Wildman–Crippen MR) is 76.0 cm³/mol. The van der Waals surface area contributed by atoms with Crippen LogP contribution in [0.25, 0.3) is 10.9 Å². The first-order valence-electron chi connectivity index (χ1n) is 6.34. The molecule has 0 radical (unpaired) electrons. The Hall–Kier alpha value is -1.29. The van der Waals surface area contributed by atoms with E-state index >= 15 is 0 Å². The van der Waals surface area contributed by atoms with Gasteiger partial charge in [-0.1, -0.05) is 18.6 Å². The average Bonchev–Trinajstić information content (AvgIpc) is 2.29. The van der Waals surface area contributed by atoms with Gasteiger partial charge in [0.25, 0.3) is 5.56 Å². The monoisotopic (exact) mass is 260 g/mol. The molecule has 4 heteroatoms. The van der Waals surface area contributed by atoms with E-state index in [2.05, 4.69) is 9.97 Å². The maximum absolute atomic E-state index is 12.0. The van der Waals surface area contributed by atoms with Crippen molar-refractivity contribution in [2.75, 3.05) is 0 Å². The van der Waals surface area contributed by atoms with E-state index in [4.69, 9.17) is 0 Å². The van der Waals surface area contributed by atoms with Crippen LogP contribution in [0.3, 0.4) is 0 Å². The van der Waals surface area contributed by atoms with Gasteiger partial charge < -0.3 is 4.98 Å². The van der Waals surface area contributed by atoms with E-state index in [1.54, 1.807) is 0 Å². The maximum Gasteiger partial charge on any atom is 0.258 e. The van der Waals surface area contributed by atoms with Crippen LogP contribution in [-0.2, 0) is 5.75 Å². The summed E-state index contributed by atoms with van der Waals surface area (Å²) in [6.45, 7) is 2.00. The lowest BCUT2D eigenvalue weighted by Crippen LogP contribution is -2.16. The van der Waals surface area contributed by atoms with E-state index in [0.29, 0.717) is 5.39 Å². The first-order chi connectivity index (χ1) is 8.74. The van der Waals surface area contributed by atoms with Crippen LogP contribution >= 0.6 is 11.8 Å². The van der Waals surface area contributed by atoms with E-state index in [1.807, 2.05) is 36.9 Å². The van der Waals surface area contributed by atoms with Crippen molar-refractivity contribution in [3.63, 3.8) is 0 Å². The van der Waals surface area contributed by atoms with E-state index in [0.717, 1.165) is 27.9 Å². The summed E-state index contributed by atoms with van der Waals surface area (Å²) in [5.74, 6) is 1.61. The number of aromatic amines is 1. The van der Waals surface area contributed by atoms with Crippen molar-refractivity contribution in [2.24, 2.45) is 0 Å². The molecule has 0 amide bonds. The van der Waals surface area contributed by atoms with Crippen LogP contribution in [0, 0.1) is 6.92 Å². The molecule has 1 aromatic heterocycles. The van der Waals surface area contributed by atoms with Crippen LogP contribution < -0.4 is 5.56 Å². The number of hydrogen-bond donors (Lipinski definition) is 1. The number of fused-ring (bicyclic) bond motifs is 1. The average molecular weight is 260 g/mol. The fourth-order valence-corrected chi connectivity index (χ4v) is 3.35. The Bertz CT molecular complexity index is 631. The van der Waals surface area contributed by atoms with Crippen LogP contribution in [-0.4, -0.2) is 15.2 Å². The van der Waals surface area contributed by atoms with Crippen LogP contribution in [0.15, 0.2) is 23.0 Å². The lowest BCUT2D eigenvalue weighted by Gasteiger charge is -2.24. The third-order valence-electron chi connectivity index (χ3n) is 3.49. The van der Waals surface area contributed by atoms with Crippen LogP contribution in [0.5, 0.6) is 0 Å². The van der Waals surface area contributed by atoms with Gasteiger partial charge in [-0.25, -0.2) is 4.98 Å². The van der Waals surface area contributed by atoms with Gasteiger partial charge in [-0.3, -0.25) is 4.79 Å². The number of aromatic nitrogens is 2. The lowest BCUT2D eigenvalue weighted by molar-refractivity contribution is 0.522. The van der Waals surface area contributed by atoms with Gasteiger partial charge in [-0.05, 0) is 31.4 Å². The second-order valence-corrected chi connectivity index (χ2v) is 6.14. The van der Waals surface area contributed by atoms with Gasteiger partial charge in [0.1, 0.15) is 5.82 Å². The van der Waals surface area contributed by atoms with Crippen molar-refractivity contribution in [3.8, 4) is 0 Å². The molecule has 1 aliphatic rings. The molecule has 1 saturated carbocycles. The summed E-state index contributed by atoms with van der Waals surface area (Å²) in [4.78, 5) is 19.5. The highest BCUT2D eigenvalue weighted by molar-refractivity contribution is 7.99. The predicted octanol–water partition coefficient (Wildman–Crippen LogP) is 3.02. The van der Waals surface area contributed by atoms with E-state index in [9.17, 15) is 4.79 Å². The van der Waals surface area contributed by atoms with Gasteiger partial charge in [0.05, 0.1) is 16.7 Å². The van der Waals surface area contributed by atoms with Crippen LogP contribution in [0.1, 0.15) is 30.7 Å². The Morgan fingerprint density at radius 1 is 1.44 bits per heavy atom. The lowest BCUT2D eigenvalue weighted by atomic mass is 10.0. The Morgan fingerprint density at radius 3 is 3.00 bits per heavy atom. The number of thioether (sulfide) groups is 1. The number of benzene rings is 1. The molecule has 0 bridgehead atoms. The summed E-state index contributed by atoms with van der Waals surface area (Å²) in [6, 6.07) is 5.73. The van der Waals surface area contributed by atoms with E-state index in [-0.39, 0.29) is 5.56 Å². The largest absolute Gasteiger partial charge is 0.309 e. The smallest absolute Gasteiger partial charge is 0.258 e. The Kier molecular flexibility index (Phi) is 3.12. The number of para-hydroxylation sites is 1.